The van der Waals surface area contributed by atoms with Crippen molar-refractivity contribution in [2.45, 2.75) is 6.42 Å². The van der Waals surface area contributed by atoms with Crippen molar-refractivity contribution in [2.75, 3.05) is 11.9 Å². The van der Waals surface area contributed by atoms with Gasteiger partial charge in [0.1, 0.15) is 0 Å². The summed E-state index contributed by atoms with van der Waals surface area (Å²) in [5.41, 5.74) is 1.24. The maximum absolute atomic E-state index is 12.0. The molecule has 2 aromatic rings. The van der Waals surface area contributed by atoms with Crippen molar-refractivity contribution in [1.82, 2.24) is 0 Å². The number of benzene rings is 1. The molecular weight excluding hydrogens is 294 g/mol. The van der Waals surface area contributed by atoms with Crippen LogP contribution in [-0.4, -0.2) is 17.6 Å². The van der Waals surface area contributed by atoms with E-state index in [4.69, 9.17) is 16.7 Å². The second-order valence-electron chi connectivity index (χ2n) is 3.90. The first-order chi connectivity index (χ1) is 9.70. The van der Waals surface area contributed by atoms with Crippen LogP contribution in [0.1, 0.15) is 21.7 Å². The third-order valence-electron chi connectivity index (χ3n) is 2.43. The Kier molecular flexibility index (Phi) is 5.19. The number of anilines is 1. The zero-order chi connectivity index (χ0) is 14.4. The van der Waals surface area contributed by atoms with Gasteiger partial charge >= 0.3 is 0 Å². The predicted octanol–water partition coefficient (Wildman–Crippen LogP) is 3.39. The minimum Gasteiger partial charge on any atom is -0.395 e. The van der Waals surface area contributed by atoms with Crippen LogP contribution in [0.25, 0.3) is 0 Å². The Morgan fingerprint density at radius 1 is 1.40 bits per heavy atom. The Labute approximate surface area is 126 Å². The summed E-state index contributed by atoms with van der Waals surface area (Å²) in [7, 11) is 0. The van der Waals surface area contributed by atoms with E-state index in [9.17, 15) is 4.79 Å². The smallest absolute Gasteiger partial charge is 0.265 e. The molecule has 0 unspecified atom stereocenters. The molecule has 0 radical (unpaired) electrons. The molecule has 1 aromatic heterocycles. The van der Waals surface area contributed by atoms with E-state index in [0.29, 0.717) is 27.6 Å². The summed E-state index contributed by atoms with van der Waals surface area (Å²) in [5, 5.41) is 13.9. The maximum Gasteiger partial charge on any atom is 0.265 e. The number of hydrogen-bond donors (Lipinski definition) is 2. The quantitative estimate of drug-likeness (QED) is 0.854. The summed E-state index contributed by atoms with van der Waals surface area (Å²) in [6.07, 6.45) is 0.390. The molecule has 2 rings (SSSR count). The first-order valence-corrected chi connectivity index (χ1v) is 7.20. The number of hydrogen-bond acceptors (Lipinski definition) is 3. The molecule has 0 aliphatic carbocycles. The molecule has 0 saturated carbocycles. The lowest BCUT2D eigenvalue weighted by atomic mass is 10.1. The molecule has 0 bridgehead atoms. The van der Waals surface area contributed by atoms with E-state index in [1.165, 1.54) is 11.3 Å². The predicted molar refractivity (Wildman–Crippen MR) is 82.3 cm³/mol. The summed E-state index contributed by atoms with van der Waals surface area (Å²) in [6, 6.07) is 8.69. The minimum absolute atomic E-state index is 0.0114. The molecule has 5 heteroatoms. The molecule has 0 spiro atoms. The van der Waals surface area contributed by atoms with Gasteiger partial charge in [0.25, 0.3) is 5.91 Å². The van der Waals surface area contributed by atoms with Crippen LogP contribution in [0.4, 0.5) is 5.69 Å². The van der Waals surface area contributed by atoms with Crippen molar-refractivity contribution in [2.24, 2.45) is 0 Å². The van der Waals surface area contributed by atoms with Gasteiger partial charge in [-0.1, -0.05) is 29.5 Å². The van der Waals surface area contributed by atoms with Crippen molar-refractivity contribution in [3.63, 3.8) is 0 Å². The number of nitrogens with one attached hydrogen (secondary N) is 1. The van der Waals surface area contributed by atoms with Crippen molar-refractivity contribution in [3.8, 4) is 11.8 Å². The van der Waals surface area contributed by atoms with Crippen LogP contribution in [-0.2, 0) is 0 Å². The largest absolute Gasteiger partial charge is 0.395 e. The molecule has 2 N–H and O–H groups in total. The zero-order valence-electron chi connectivity index (χ0n) is 10.5. The molecule has 0 fully saturated rings. The van der Waals surface area contributed by atoms with Crippen LogP contribution in [0, 0.1) is 11.8 Å². The van der Waals surface area contributed by atoms with Crippen molar-refractivity contribution < 1.29 is 9.90 Å². The average molecular weight is 306 g/mol. The van der Waals surface area contributed by atoms with Gasteiger partial charge in [-0.05, 0) is 29.6 Å². The topological polar surface area (TPSA) is 49.3 Å². The molecule has 0 saturated heterocycles. The lowest BCUT2D eigenvalue weighted by Crippen LogP contribution is -2.11. The van der Waals surface area contributed by atoms with E-state index in [0.717, 1.165) is 0 Å². The van der Waals surface area contributed by atoms with Crippen molar-refractivity contribution >= 4 is 34.5 Å². The van der Waals surface area contributed by atoms with Crippen molar-refractivity contribution in [3.05, 3.63) is 51.2 Å². The molecule has 3 nitrogen and oxygen atoms in total. The fourth-order valence-electron chi connectivity index (χ4n) is 1.53. The number of rotatable bonds is 3. The zero-order valence-corrected chi connectivity index (χ0v) is 12.1. The fraction of sp³-hybridized carbons (Fsp3) is 0.133. The highest BCUT2D eigenvalue weighted by Crippen LogP contribution is 2.22. The number of aliphatic hydroxyl groups excluding tert-OH is 1. The first-order valence-electron chi connectivity index (χ1n) is 5.95. The van der Waals surface area contributed by atoms with E-state index in [1.807, 2.05) is 11.4 Å². The van der Waals surface area contributed by atoms with Gasteiger partial charge in [0, 0.05) is 17.0 Å². The van der Waals surface area contributed by atoms with Gasteiger partial charge in [0.2, 0.25) is 0 Å². The van der Waals surface area contributed by atoms with Gasteiger partial charge < -0.3 is 10.4 Å². The molecule has 102 valence electrons. The molecule has 20 heavy (non-hydrogen) atoms. The van der Waals surface area contributed by atoms with Gasteiger partial charge in [-0.15, -0.1) is 11.3 Å². The average Bonchev–Trinajstić information content (AvgIpc) is 2.95. The van der Waals surface area contributed by atoms with Crippen LogP contribution in [0.5, 0.6) is 0 Å². The molecule has 0 atom stereocenters. The summed E-state index contributed by atoms with van der Waals surface area (Å²) >= 11 is 7.32. The first kappa shape index (κ1) is 14.6. The third-order valence-corrected chi connectivity index (χ3v) is 3.54. The lowest BCUT2D eigenvalue weighted by molar-refractivity contribution is 0.103. The van der Waals surface area contributed by atoms with Gasteiger partial charge in [-0.25, -0.2) is 0 Å². The molecule has 1 aromatic carbocycles. The number of amides is 1. The Bertz CT molecular complexity index is 656. The summed E-state index contributed by atoms with van der Waals surface area (Å²) < 4.78 is 0. The van der Waals surface area contributed by atoms with E-state index < -0.39 is 0 Å². The van der Waals surface area contributed by atoms with E-state index >= 15 is 0 Å². The standard InChI is InChI=1S/C15H12ClNO2S/c16-12-7-6-11(4-1-2-8-18)13(10-12)17-15(19)14-5-3-9-20-14/h3,5-7,9-10,18H,2,8H2,(H,17,19). The number of aliphatic hydroxyl groups is 1. The van der Waals surface area contributed by atoms with Crippen LogP contribution >= 0.6 is 22.9 Å². The molecular formula is C15H12ClNO2S. The monoisotopic (exact) mass is 305 g/mol. The lowest BCUT2D eigenvalue weighted by Gasteiger charge is -2.07. The summed E-state index contributed by atoms with van der Waals surface area (Å²) in [6.45, 7) is 0.0114. The third kappa shape index (κ3) is 3.84. The Morgan fingerprint density at radius 2 is 2.25 bits per heavy atom. The SMILES string of the molecule is O=C(Nc1cc(Cl)ccc1C#CCCO)c1cccs1. The van der Waals surface area contributed by atoms with Gasteiger partial charge in [0.15, 0.2) is 0 Å². The van der Waals surface area contributed by atoms with E-state index in [1.54, 1.807) is 24.3 Å². The Balaban J connectivity index is 2.24. The second-order valence-corrected chi connectivity index (χ2v) is 5.28. The Morgan fingerprint density at radius 3 is 2.95 bits per heavy atom. The summed E-state index contributed by atoms with van der Waals surface area (Å²) in [4.78, 5) is 12.7. The minimum atomic E-state index is -0.188. The van der Waals surface area contributed by atoms with E-state index in [-0.39, 0.29) is 12.5 Å². The van der Waals surface area contributed by atoms with Gasteiger partial charge in [-0.3, -0.25) is 4.79 Å². The van der Waals surface area contributed by atoms with E-state index in [2.05, 4.69) is 17.2 Å². The number of carbonyl (C=O) groups is 1. The highest BCUT2D eigenvalue weighted by Gasteiger charge is 2.09. The maximum atomic E-state index is 12.0. The van der Waals surface area contributed by atoms with Gasteiger partial charge in [-0.2, -0.15) is 0 Å². The number of thiophene rings is 1. The highest BCUT2D eigenvalue weighted by molar-refractivity contribution is 7.12. The number of halogens is 1. The molecule has 0 aliphatic heterocycles. The number of carbonyl (C=O) groups excluding carboxylic acids is 1. The van der Waals surface area contributed by atoms with Crippen LogP contribution < -0.4 is 5.32 Å². The normalized spacial score (nSPS) is 9.70. The summed E-state index contributed by atoms with van der Waals surface area (Å²) in [5.74, 6) is 5.55. The van der Waals surface area contributed by atoms with Crippen LogP contribution in [0.15, 0.2) is 35.7 Å². The van der Waals surface area contributed by atoms with Crippen molar-refractivity contribution in [1.29, 1.82) is 0 Å². The second kappa shape index (κ2) is 7.11. The van der Waals surface area contributed by atoms with Crippen LogP contribution in [0.2, 0.25) is 5.02 Å². The van der Waals surface area contributed by atoms with Gasteiger partial charge in [0.05, 0.1) is 17.2 Å². The molecule has 1 heterocycles. The van der Waals surface area contributed by atoms with Crippen LogP contribution in [0.3, 0.4) is 0 Å². The Hall–Kier alpha value is -1.80. The highest BCUT2D eigenvalue weighted by atomic mass is 35.5. The molecule has 0 aliphatic rings. The fourth-order valence-corrected chi connectivity index (χ4v) is 2.33. The molecule has 1 amide bonds.